The molecule has 0 saturated heterocycles. The van der Waals surface area contributed by atoms with Gasteiger partial charge in [0.25, 0.3) is 5.91 Å². The Bertz CT molecular complexity index is 1160. The number of rotatable bonds is 7. The van der Waals surface area contributed by atoms with Crippen LogP contribution in [0.1, 0.15) is 35.0 Å². The molecule has 9 heteroatoms. The fraction of sp³-hybridized carbons (Fsp3) is 0.143. The zero-order valence-corrected chi connectivity index (χ0v) is 17.5. The van der Waals surface area contributed by atoms with Crippen molar-refractivity contribution < 1.29 is 19.5 Å². The van der Waals surface area contributed by atoms with E-state index in [2.05, 4.69) is 15.8 Å². The van der Waals surface area contributed by atoms with Gasteiger partial charge in [-0.15, -0.1) is 11.3 Å². The Balaban J connectivity index is 1.69. The minimum Gasteiger partial charge on any atom is -0.481 e. The van der Waals surface area contributed by atoms with Crippen molar-refractivity contribution in [1.29, 1.82) is 0 Å². The van der Waals surface area contributed by atoms with Crippen molar-refractivity contribution in [1.82, 2.24) is 5.43 Å². The minimum absolute atomic E-state index is 0.112. The molecule has 0 atom stereocenters. The monoisotopic (exact) mass is 443 g/mol. The van der Waals surface area contributed by atoms with Crippen LogP contribution in [0.2, 0.25) is 5.02 Å². The quantitative estimate of drug-likeness (QED) is 0.368. The highest BCUT2D eigenvalue weighted by atomic mass is 35.5. The van der Waals surface area contributed by atoms with Crippen LogP contribution in [0.3, 0.4) is 0 Å². The van der Waals surface area contributed by atoms with Gasteiger partial charge in [0, 0.05) is 22.2 Å². The van der Waals surface area contributed by atoms with E-state index < -0.39 is 17.8 Å². The third-order valence-corrected chi connectivity index (χ3v) is 5.87. The van der Waals surface area contributed by atoms with Crippen molar-refractivity contribution in [3.05, 3.63) is 64.0 Å². The molecule has 0 spiro atoms. The van der Waals surface area contributed by atoms with E-state index in [4.69, 9.17) is 16.7 Å². The maximum atomic E-state index is 12.5. The van der Waals surface area contributed by atoms with Gasteiger partial charge in [-0.3, -0.25) is 14.4 Å². The molecule has 0 fully saturated rings. The van der Waals surface area contributed by atoms with Crippen molar-refractivity contribution >= 4 is 62.2 Å². The molecular weight excluding hydrogens is 426 g/mol. The molecule has 1 aromatic heterocycles. The van der Waals surface area contributed by atoms with E-state index in [-0.39, 0.29) is 12.8 Å². The van der Waals surface area contributed by atoms with Gasteiger partial charge >= 0.3 is 5.97 Å². The van der Waals surface area contributed by atoms with Crippen molar-refractivity contribution in [3.63, 3.8) is 0 Å². The topological polar surface area (TPSA) is 108 Å². The van der Waals surface area contributed by atoms with Gasteiger partial charge in [0.2, 0.25) is 5.91 Å². The van der Waals surface area contributed by atoms with E-state index in [0.717, 1.165) is 10.1 Å². The zero-order chi connectivity index (χ0) is 21.7. The van der Waals surface area contributed by atoms with Crippen molar-refractivity contribution in [2.24, 2.45) is 5.10 Å². The Kier molecular flexibility index (Phi) is 6.81. The molecular formula is C21H18ClN3O4S. The highest BCUT2D eigenvalue weighted by Crippen LogP contribution is 2.34. The van der Waals surface area contributed by atoms with Crippen LogP contribution < -0.4 is 10.7 Å². The van der Waals surface area contributed by atoms with Crippen LogP contribution in [0.5, 0.6) is 0 Å². The number of carbonyl (C=O) groups is 3. The summed E-state index contributed by atoms with van der Waals surface area (Å²) in [6.45, 7) is 1.72. The minimum atomic E-state index is -1.03. The lowest BCUT2D eigenvalue weighted by molar-refractivity contribution is -0.138. The number of hydrazone groups is 1. The third-order valence-electron chi connectivity index (χ3n) is 4.20. The summed E-state index contributed by atoms with van der Waals surface area (Å²) in [6, 6.07) is 14.4. The van der Waals surface area contributed by atoms with E-state index in [9.17, 15) is 14.4 Å². The number of hydrogen-bond donors (Lipinski definition) is 3. The fourth-order valence-corrected chi connectivity index (χ4v) is 4.08. The van der Waals surface area contributed by atoms with Gasteiger partial charge in [-0.05, 0) is 30.7 Å². The summed E-state index contributed by atoms with van der Waals surface area (Å²) in [5.41, 5.74) is 4.24. The molecule has 3 aromatic rings. The summed E-state index contributed by atoms with van der Waals surface area (Å²) in [4.78, 5) is 35.3. The Labute approximate surface area is 181 Å². The number of fused-ring (bicyclic) bond motifs is 1. The van der Waals surface area contributed by atoms with E-state index in [1.54, 1.807) is 31.2 Å². The summed E-state index contributed by atoms with van der Waals surface area (Å²) in [6.07, 6.45) is -0.350. The Morgan fingerprint density at radius 1 is 1.10 bits per heavy atom. The molecule has 154 valence electrons. The number of anilines is 1. The molecule has 0 aliphatic carbocycles. The summed E-state index contributed by atoms with van der Waals surface area (Å²) >= 11 is 7.62. The number of nitrogens with one attached hydrogen (secondary N) is 2. The van der Waals surface area contributed by atoms with Crippen LogP contribution in [0.25, 0.3) is 10.1 Å². The second-order valence-electron chi connectivity index (χ2n) is 6.40. The first kappa shape index (κ1) is 21.5. The van der Waals surface area contributed by atoms with Crippen LogP contribution in [0, 0.1) is 0 Å². The average Bonchev–Trinajstić information content (AvgIpc) is 3.07. The standard InChI is InChI=1S/C21H18ClN3O4S/c1-12(13-5-4-6-14(11-13)23-17(26)9-10-18(27)28)24-25-21(29)20-19(22)15-7-2-3-8-16(15)30-20/h2-8,11H,9-10H2,1H3,(H,23,26)(H,25,29)(H,27,28)/b24-12-. The first-order valence-electron chi connectivity index (χ1n) is 8.99. The number of carboxylic acids is 1. The second-order valence-corrected chi connectivity index (χ2v) is 7.83. The molecule has 0 bridgehead atoms. The first-order chi connectivity index (χ1) is 14.3. The summed E-state index contributed by atoms with van der Waals surface area (Å²) < 4.78 is 0.916. The van der Waals surface area contributed by atoms with Gasteiger partial charge < -0.3 is 10.4 Å². The maximum absolute atomic E-state index is 12.5. The van der Waals surface area contributed by atoms with Gasteiger partial charge in [-0.25, -0.2) is 5.43 Å². The van der Waals surface area contributed by atoms with Gasteiger partial charge in [0.15, 0.2) is 0 Å². The van der Waals surface area contributed by atoms with E-state index in [1.165, 1.54) is 11.3 Å². The number of thiophene rings is 1. The number of hydrogen-bond acceptors (Lipinski definition) is 5. The number of carboxylic acid groups (broad SMARTS) is 1. The molecule has 2 amide bonds. The van der Waals surface area contributed by atoms with Crippen molar-refractivity contribution in [3.8, 4) is 0 Å². The van der Waals surface area contributed by atoms with Crippen LogP contribution >= 0.6 is 22.9 Å². The van der Waals surface area contributed by atoms with Gasteiger partial charge in [0.1, 0.15) is 4.88 Å². The fourth-order valence-electron chi connectivity index (χ4n) is 2.68. The van der Waals surface area contributed by atoms with E-state index in [1.807, 2.05) is 24.3 Å². The number of halogens is 1. The SMILES string of the molecule is C/C(=N/NC(=O)c1sc2ccccc2c1Cl)c1cccc(NC(=O)CCC(=O)O)c1. The smallest absolute Gasteiger partial charge is 0.303 e. The molecule has 0 radical (unpaired) electrons. The predicted octanol–water partition coefficient (Wildman–Crippen LogP) is 4.51. The Morgan fingerprint density at radius 3 is 2.60 bits per heavy atom. The molecule has 30 heavy (non-hydrogen) atoms. The lowest BCUT2D eigenvalue weighted by Crippen LogP contribution is -2.18. The highest BCUT2D eigenvalue weighted by Gasteiger charge is 2.16. The zero-order valence-electron chi connectivity index (χ0n) is 15.9. The van der Waals surface area contributed by atoms with Gasteiger partial charge in [0.05, 0.1) is 17.2 Å². The number of amides is 2. The molecule has 0 aliphatic heterocycles. The number of aliphatic carboxylic acids is 1. The number of nitrogens with zero attached hydrogens (tertiary/aromatic N) is 1. The van der Waals surface area contributed by atoms with Gasteiger partial charge in [-0.2, -0.15) is 5.10 Å². The molecule has 1 heterocycles. The van der Waals surface area contributed by atoms with E-state index in [0.29, 0.717) is 26.9 Å². The largest absolute Gasteiger partial charge is 0.481 e. The Hall–Kier alpha value is -3.23. The van der Waals surface area contributed by atoms with Crippen LogP contribution in [-0.2, 0) is 9.59 Å². The summed E-state index contributed by atoms with van der Waals surface area (Å²) in [7, 11) is 0. The number of carbonyl (C=O) groups excluding carboxylic acids is 2. The van der Waals surface area contributed by atoms with Crippen LogP contribution in [0.4, 0.5) is 5.69 Å². The summed E-state index contributed by atoms with van der Waals surface area (Å²) in [5, 5.41) is 16.6. The lowest BCUT2D eigenvalue weighted by atomic mass is 10.1. The van der Waals surface area contributed by atoms with Crippen molar-refractivity contribution in [2.45, 2.75) is 19.8 Å². The highest BCUT2D eigenvalue weighted by molar-refractivity contribution is 7.21. The molecule has 7 nitrogen and oxygen atoms in total. The van der Waals surface area contributed by atoms with Crippen LogP contribution in [-0.4, -0.2) is 28.6 Å². The molecule has 0 unspecified atom stereocenters. The van der Waals surface area contributed by atoms with Crippen molar-refractivity contribution in [2.75, 3.05) is 5.32 Å². The van der Waals surface area contributed by atoms with Crippen LogP contribution in [0.15, 0.2) is 53.6 Å². The molecule has 2 aromatic carbocycles. The molecule has 3 rings (SSSR count). The molecule has 0 saturated carbocycles. The number of benzene rings is 2. The summed E-state index contributed by atoms with van der Waals surface area (Å²) in [5.74, 6) is -1.83. The molecule has 3 N–H and O–H groups in total. The first-order valence-corrected chi connectivity index (χ1v) is 10.2. The lowest BCUT2D eigenvalue weighted by Gasteiger charge is -2.07. The Morgan fingerprint density at radius 2 is 1.87 bits per heavy atom. The maximum Gasteiger partial charge on any atom is 0.303 e. The second kappa shape index (κ2) is 9.51. The van der Waals surface area contributed by atoms with Gasteiger partial charge in [-0.1, -0.05) is 41.9 Å². The average molecular weight is 444 g/mol. The normalized spacial score (nSPS) is 11.3. The third kappa shape index (κ3) is 5.22. The predicted molar refractivity (Wildman–Crippen MR) is 118 cm³/mol. The molecule has 0 aliphatic rings. The van der Waals surface area contributed by atoms with E-state index >= 15 is 0 Å².